The van der Waals surface area contributed by atoms with Gasteiger partial charge in [-0.2, -0.15) is 0 Å². The van der Waals surface area contributed by atoms with Crippen LogP contribution in [0, 0.1) is 12.3 Å². The first-order chi connectivity index (χ1) is 8.94. The van der Waals surface area contributed by atoms with E-state index in [0.717, 1.165) is 35.7 Å². The fourth-order valence-corrected chi connectivity index (χ4v) is 3.73. The molecule has 0 radical (unpaired) electrons. The first-order valence-corrected chi connectivity index (χ1v) is 7.59. The van der Waals surface area contributed by atoms with Crippen molar-refractivity contribution in [1.29, 1.82) is 0 Å². The third-order valence-electron chi connectivity index (χ3n) is 3.84. The van der Waals surface area contributed by atoms with E-state index in [1.165, 1.54) is 5.69 Å². The Morgan fingerprint density at radius 1 is 1.53 bits per heavy atom. The average Bonchev–Trinajstić information content (AvgIpc) is 2.86. The van der Waals surface area contributed by atoms with Crippen LogP contribution in [0.2, 0.25) is 0 Å². The molecule has 1 atom stereocenters. The van der Waals surface area contributed by atoms with E-state index in [2.05, 4.69) is 41.0 Å². The number of hydrogen-bond acceptors (Lipinski definition) is 3. The van der Waals surface area contributed by atoms with Gasteiger partial charge >= 0.3 is 0 Å². The number of aryl methyl sites for hydroxylation is 1. The standard InChI is InChI=1S/C15H20N2OS/c1-10-9-19-14(16-10)8-17-5-4-11-12(17)6-15(2,3)7-13(11)18/h4-5,9,13,18H,6-8H2,1-3H3. The summed E-state index contributed by atoms with van der Waals surface area (Å²) in [5.41, 5.74) is 3.63. The zero-order valence-electron chi connectivity index (χ0n) is 11.7. The molecule has 0 fully saturated rings. The van der Waals surface area contributed by atoms with Gasteiger partial charge in [0, 0.05) is 28.5 Å². The minimum absolute atomic E-state index is 0.168. The lowest BCUT2D eigenvalue weighted by Gasteiger charge is -2.33. The normalized spacial score (nSPS) is 21.4. The van der Waals surface area contributed by atoms with Crippen molar-refractivity contribution in [3.8, 4) is 0 Å². The van der Waals surface area contributed by atoms with Gasteiger partial charge in [0.05, 0.1) is 12.6 Å². The van der Waals surface area contributed by atoms with E-state index >= 15 is 0 Å². The molecule has 2 heterocycles. The van der Waals surface area contributed by atoms with Gasteiger partial charge in [-0.15, -0.1) is 11.3 Å². The summed E-state index contributed by atoms with van der Waals surface area (Å²) in [5.74, 6) is 0. The van der Waals surface area contributed by atoms with Crippen LogP contribution in [-0.4, -0.2) is 14.7 Å². The van der Waals surface area contributed by atoms with Crippen LogP contribution in [-0.2, 0) is 13.0 Å². The van der Waals surface area contributed by atoms with Gasteiger partial charge in [0.15, 0.2) is 0 Å². The molecule has 3 nitrogen and oxygen atoms in total. The van der Waals surface area contributed by atoms with Gasteiger partial charge in [0.1, 0.15) is 5.01 Å². The molecule has 102 valence electrons. The predicted molar refractivity (Wildman–Crippen MR) is 77.4 cm³/mol. The molecule has 1 unspecified atom stereocenters. The maximum absolute atomic E-state index is 10.3. The number of rotatable bonds is 2. The van der Waals surface area contributed by atoms with Gasteiger partial charge in [-0.25, -0.2) is 4.98 Å². The van der Waals surface area contributed by atoms with Crippen molar-refractivity contribution >= 4 is 11.3 Å². The van der Waals surface area contributed by atoms with E-state index in [1.807, 2.05) is 6.92 Å². The second kappa shape index (κ2) is 4.46. The van der Waals surface area contributed by atoms with Crippen LogP contribution in [0.1, 0.15) is 48.3 Å². The van der Waals surface area contributed by atoms with Crippen LogP contribution in [0.5, 0.6) is 0 Å². The monoisotopic (exact) mass is 276 g/mol. The molecule has 19 heavy (non-hydrogen) atoms. The third kappa shape index (κ3) is 2.47. The van der Waals surface area contributed by atoms with Crippen molar-refractivity contribution < 1.29 is 5.11 Å². The minimum atomic E-state index is -0.321. The summed E-state index contributed by atoms with van der Waals surface area (Å²) < 4.78 is 2.25. The van der Waals surface area contributed by atoms with Gasteiger partial charge < -0.3 is 9.67 Å². The Hall–Kier alpha value is -1.13. The summed E-state index contributed by atoms with van der Waals surface area (Å²) in [4.78, 5) is 4.53. The molecule has 4 heteroatoms. The van der Waals surface area contributed by atoms with E-state index < -0.39 is 0 Å². The van der Waals surface area contributed by atoms with Crippen molar-refractivity contribution in [1.82, 2.24) is 9.55 Å². The number of aromatic nitrogens is 2. The fourth-order valence-electron chi connectivity index (χ4n) is 2.96. The fraction of sp³-hybridized carbons (Fsp3) is 0.533. The second-order valence-electron chi connectivity index (χ2n) is 6.29. The molecular weight excluding hydrogens is 256 g/mol. The zero-order chi connectivity index (χ0) is 13.6. The van der Waals surface area contributed by atoms with E-state index in [-0.39, 0.29) is 11.5 Å². The first kappa shape index (κ1) is 12.9. The molecule has 1 N–H and O–H groups in total. The van der Waals surface area contributed by atoms with Crippen LogP contribution >= 0.6 is 11.3 Å². The lowest BCUT2D eigenvalue weighted by Crippen LogP contribution is -2.26. The van der Waals surface area contributed by atoms with Crippen LogP contribution in [0.15, 0.2) is 17.6 Å². The highest BCUT2D eigenvalue weighted by Crippen LogP contribution is 2.41. The molecule has 0 saturated carbocycles. The summed E-state index contributed by atoms with van der Waals surface area (Å²) in [5, 5.41) is 13.5. The Morgan fingerprint density at radius 2 is 2.32 bits per heavy atom. The predicted octanol–water partition coefficient (Wildman–Crippen LogP) is 3.31. The van der Waals surface area contributed by atoms with Gasteiger partial charge in [-0.05, 0) is 31.2 Å². The number of thiazole rings is 1. The average molecular weight is 276 g/mol. The number of aliphatic hydroxyl groups excluding tert-OH is 1. The number of nitrogens with zero attached hydrogens (tertiary/aromatic N) is 2. The Kier molecular flexibility index (Phi) is 3.02. The molecule has 0 amide bonds. The van der Waals surface area contributed by atoms with Crippen LogP contribution in [0.3, 0.4) is 0 Å². The van der Waals surface area contributed by atoms with Crippen molar-refractivity contribution in [2.24, 2.45) is 5.41 Å². The molecule has 0 saturated heterocycles. The van der Waals surface area contributed by atoms with E-state index in [9.17, 15) is 5.11 Å². The molecule has 0 aromatic carbocycles. The van der Waals surface area contributed by atoms with Gasteiger partial charge in [-0.1, -0.05) is 13.8 Å². The smallest absolute Gasteiger partial charge is 0.113 e. The molecular formula is C15H20N2OS. The third-order valence-corrected chi connectivity index (χ3v) is 4.79. The van der Waals surface area contributed by atoms with Crippen LogP contribution in [0.25, 0.3) is 0 Å². The molecule has 0 bridgehead atoms. The van der Waals surface area contributed by atoms with Gasteiger partial charge in [-0.3, -0.25) is 0 Å². The lowest BCUT2D eigenvalue weighted by atomic mass is 9.75. The van der Waals surface area contributed by atoms with E-state index in [1.54, 1.807) is 11.3 Å². The summed E-state index contributed by atoms with van der Waals surface area (Å²) >= 11 is 1.70. The highest BCUT2D eigenvalue weighted by atomic mass is 32.1. The molecule has 2 aromatic rings. The highest BCUT2D eigenvalue weighted by Gasteiger charge is 2.33. The maximum Gasteiger partial charge on any atom is 0.113 e. The Balaban J connectivity index is 1.92. The first-order valence-electron chi connectivity index (χ1n) is 6.72. The van der Waals surface area contributed by atoms with E-state index in [4.69, 9.17) is 0 Å². The Morgan fingerprint density at radius 3 is 3.00 bits per heavy atom. The number of aliphatic hydroxyl groups is 1. The summed E-state index contributed by atoms with van der Waals surface area (Å²) in [7, 11) is 0. The van der Waals surface area contributed by atoms with Crippen LogP contribution < -0.4 is 0 Å². The summed E-state index contributed by atoms with van der Waals surface area (Å²) in [6.45, 7) is 7.29. The maximum atomic E-state index is 10.3. The van der Waals surface area contributed by atoms with Crippen molar-refractivity contribution in [2.75, 3.05) is 0 Å². The second-order valence-corrected chi connectivity index (χ2v) is 7.23. The van der Waals surface area contributed by atoms with Crippen molar-refractivity contribution in [3.05, 3.63) is 39.6 Å². The van der Waals surface area contributed by atoms with Gasteiger partial charge in [0.25, 0.3) is 0 Å². The lowest BCUT2D eigenvalue weighted by molar-refractivity contribution is 0.0981. The molecule has 0 spiro atoms. The Bertz CT molecular complexity index is 597. The Labute approximate surface area is 117 Å². The highest BCUT2D eigenvalue weighted by molar-refractivity contribution is 7.09. The summed E-state index contributed by atoms with van der Waals surface area (Å²) in [6.07, 6.45) is 3.64. The quantitative estimate of drug-likeness (QED) is 0.914. The van der Waals surface area contributed by atoms with Gasteiger partial charge in [0.2, 0.25) is 0 Å². The van der Waals surface area contributed by atoms with Crippen LogP contribution in [0.4, 0.5) is 0 Å². The molecule has 1 aliphatic rings. The molecule has 1 aliphatic carbocycles. The largest absolute Gasteiger partial charge is 0.388 e. The van der Waals surface area contributed by atoms with Crippen molar-refractivity contribution in [3.63, 3.8) is 0 Å². The molecule has 3 rings (SSSR count). The minimum Gasteiger partial charge on any atom is -0.388 e. The number of fused-ring (bicyclic) bond motifs is 1. The number of hydrogen-bond donors (Lipinski definition) is 1. The summed E-state index contributed by atoms with van der Waals surface area (Å²) in [6, 6.07) is 2.07. The SMILES string of the molecule is Cc1csc(Cn2ccc3c2CC(C)(C)CC3O)n1. The van der Waals surface area contributed by atoms with Crippen molar-refractivity contribution in [2.45, 2.75) is 46.3 Å². The zero-order valence-corrected chi connectivity index (χ0v) is 12.5. The molecule has 2 aromatic heterocycles. The topological polar surface area (TPSA) is 38.0 Å². The molecule has 0 aliphatic heterocycles. The van der Waals surface area contributed by atoms with E-state index in [0.29, 0.717) is 0 Å².